The van der Waals surface area contributed by atoms with Crippen LogP contribution in [-0.4, -0.2) is 59.5 Å². The highest BCUT2D eigenvalue weighted by Gasteiger charge is 2.54. The standard InChI is InChI=1S/C27H35N3O4/c31-22-34-19-25-11-13-26(14-12-25)27(30(32)33)20-28(17-23-7-3-1-4-8-23)15-16-29(21-27)18-24-9-5-2-6-10-24/h1-10,22,25-26H,11-21H2. The maximum Gasteiger partial charge on any atom is 0.293 e. The summed E-state index contributed by atoms with van der Waals surface area (Å²) in [5.74, 6) is 0.307. The van der Waals surface area contributed by atoms with Crippen LogP contribution >= 0.6 is 0 Å². The van der Waals surface area contributed by atoms with Gasteiger partial charge in [0.1, 0.15) is 0 Å². The Morgan fingerprint density at radius 2 is 1.38 bits per heavy atom. The Balaban J connectivity index is 1.56. The average molecular weight is 466 g/mol. The molecule has 0 spiro atoms. The Morgan fingerprint density at radius 3 is 1.82 bits per heavy atom. The van der Waals surface area contributed by atoms with Crippen LogP contribution in [0.5, 0.6) is 0 Å². The van der Waals surface area contributed by atoms with Crippen molar-refractivity contribution in [2.75, 3.05) is 32.8 Å². The monoisotopic (exact) mass is 465 g/mol. The summed E-state index contributed by atoms with van der Waals surface area (Å²) < 4.78 is 4.98. The molecule has 0 aromatic heterocycles. The number of benzene rings is 2. The van der Waals surface area contributed by atoms with Gasteiger partial charge in [-0.1, -0.05) is 60.7 Å². The summed E-state index contributed by atoms with van der Waals surface area (Å²) in [5, 5.41) is 12.9. The number of carbonyl (C=O) groups excluding carboxylic acids is 1. The number of hydrogen-bond acceptors (Lipinski definition) is 6. The van der Waals surface area contributed by atoms with Crippen molar-refractivity contribution in [1.82, 2.24) is 9.80 Å². The molecule has 1 aliphatic carbocycles. The molecule has 1 saturated carbocycles. The highest BCUT2D eigenvalue weighted by molar-refractivity contribution is 5.36. The first-order valence-corrected chi connectivity index (χ1v) is 12.3. The van der Waals surface area contributed by atoms with Gasteiger partial charge < -0.3 is 4.74 Å². The van der Waals surface area contributed by atoms with Crippen LogP contribution in [0.2, 0.25) is 0 Å². The van der Waals surface area contributed by atoms with Gasteiger partial charge in [0.25, 0.3) is 6.47 Å². The highest BCUT2D eigenvalue weighted by atomic mass is 16.6. The van der Waals surface area contributed by atoms with Crippen molar-refractivity contribution in [3.8, 4) is 0 Å². The second-order valence-corrected chi connectivity index (χ2v) is 9.90. The Hall–Kier alpha value is -2.77. The Kier molecular flexibility index (Phi) is 8.29. The number of ether oxygens (including phenoxy) is 1. The third kappa shape index (κ3) is 6.02. The SMILES string of the molecule is O=COCC1CCC(C2([N+](=O)[O-])CN(Cc3ccccc3)CCN(Cc3ccccc3)C2)CC1. The van der Waals surface area contributed by atoms with E-state index in [1.165, 1.54) is 11.1 Å². The second-order valence-electron chi connectivity index (χ2n) is 9.90. The molecule has 2 aromatic carbocycles. The van der Waals surface area contributed by atoms with Crippen LogP contribution in [0, 0.1) is 22.0 Å². The van der Waals surface area contributed by atoms with Crippen LogP contribution in [0.25, 0.3) is 0 Å². The van der Waals surface area contributed by atoms with E-state index in [9.17, 15) is 14.9 Å². The van der Waals surface area contributed by atoms with E-state index in [0.717, 1.165) is 51.9 Å². The van der Waals surface area contributed by atoms with E-state index >= 15 is 0 Å². The Morgan fingerprint density at radius 1 is 0.882 bits per heavy atom. The van der Waals surface area contributed by atoms with E-state index in [0.29, 0.717) is 32.1 Å². The van der Waals surface area contributed by atoms with Gasteiger partial charge in [-0.15, -0.1) is 0 Å². The number of rotatable bonds is 9. The largest absolute Gasteiger partial charge is 0.468 e. The molecule has 0 N–H and O–H groups in total. The molecule has 0 amide bonds. The zero-order valence-electron chi connectivity index (χ0n) is 19.8. The smallest absolute Gasteiger partial charge is 0.293 e. The van der Waals surface area contributed by atoms with Gasteiger partial charge in [0.2, 0.25) is 5.54 Å². The van der Waals surface area contributed by atoms with Crippen molar-refractivity contribution in [1.29, 1.82) is 0 Å². The summed E-state index contributed by atoms with van der Waals surface area (Å²) in [6.45, 7) is 4.89. The van der Waals surface area contributed by atoms with E-state index in [-0.39, 0.29) is 10.8 Å². The summed E-state index contributed by atoms with van der Waals surface area (Å²) in [6, 6.07) is 20.5. The van der Waals surface area contributed by atoms with Gasteiger partial charge in [-0.25, -0.2) is 0 Å². The molecule has 2 aliphatic rings. The van der Waals surface area contributed by atoms with Crippen molar-refractivity contribution in [2.24, 2.45) is 11.8 Å². The number of hydrogen-bond donors (Lipinski definition) is 0. The minimum atomic E-state index is -1.02. The summed E-state index contributed by atoms with van der Waals surface area (Å²) in [5.41, 5.74) is 1.35. The van der Waals surface area contributed by atoms with Crippen molar-refractivity contribution in [3.63, 3.8) is 0 Å². The molecular formula is C27H35N3O4. The predicted molar refractivity (Wildman–Crippen MR) is 131 cm³/mol. The van der Waals surface area contributed by atoms with Crippen LogP contribution in [-0.2, 0) is 22.6 Å². The lowest BCUT2D eigenvalue weighted by molar-refractivity contribution is -0.582. The zero-order chi connectivity index (χ0) is 23.8. The summed E-state index contributed by atoms with van der Waals surface area (Å²) >= 11 is 0. The van der Waals surface area contributed by atoms with Gasteiger partial charge in [-0.2, -0.15) is 0 Å². The van der Waals surface area contributed by atoms with Gasteiger partial charge in [0.15, 0.2) is 0 Å². The Bertz CT molecular complexity index is 864. The molecule has 182 valence electrons. The fourth-order valence-electron chi connectivity index (χ4n) is 5.78. The summed E-state index contributed by atoms with van der Waals surface area (Å²) in [7, 11) is 0. The van der Waals surface area contributed by atoms with E-state index in [2.05, 4.69) is 34.1 Å². The lowest BCUT2D eigenvalue weighted by atomic mass is 9.71. The van der Waals surface area contributed by atoms with Crippen molar-refractivity contribution < 1.29 is 14.5 Å². The fourth-order valence-corrected chi connectivity index (χ4v) is 5.78. The molecule has 0 bridgehead atoms. The molecule has 34 heavy (non-hydrogen) atoms. The first-order chi connectivity index (χ1) is 16.6. The molecule has 2 fully saturated rings. The van der Waals surface area contributed by atoms with E-state index in [1.54, 1.807) is 0 Å². The van der Waals surface area contributed by atoms with Crippen LogP contribution < -0.4 is 0 Å². The third-order valence-electron chi connectivity index (χ3n) is 7.60. The van der Waals surface area contributed by atoms with Crippen LogP contribution in [0.3, 0.4) is 0 Å². The van der Waals surface area contributed by atoms with Crippen LogP contribution in [0.4, 0.5) is 0 Å². The maximum atomic E-state index is 12.9. The number of carbonyl (C=O) groups is 1. The maximum absolute atomic E-state index is 12.9. The van der Waals surface area contributed by atoms with Gasteiger partial charge >= 0.3 is 0 Å². The molecule has 7 heteroatoms. The van der Waals surface area contributed by atoms with E-state index < -0.39 is 5.54 Å². The summed E-state index contributed by atoms with van der Waals surface area (Å²) in [6.07, 6.45) is 3.33. The fraction of sp³-hybridized carbons (Fsp3) is 0.519. The first kappa shape index (κ1) is 24.4. The molecule has 1 heterocycles. The topological polar surface area (TPSA) is 75.9 Å². The predicted octanol–water partition coefficient (Wildman–Crippen LogP) is 4.00. The lowest BCUT2D eigenvalue weighted by Crippen LogP contribution is -2.58. The Labute approximate surface area is 201 Å². The molecule has 1 saturated heterocycles. The van der Waals surface area contributed by atoms with Crippen molar-refractivity contribution in [2.45, 2.75) is 44.3 Å². The number of nitrogens with zero attached hydrogens (tertiary/aromatic N) is 3. The second kappa shape index (κ2) is 11.6. The van der Waals surface area contributed by atoms with Crippen LogP contribution in [0.1, 0.15) is 36.8 Å². The summed E-state index contributed by atoms with van der Waals surface area (Å²) in [4.78, 5) is 28.0. The molecule has 0 radical (unpaired) electrons. The quantitative estimate of drug-likeness (QED) is 0.317. The minimum absolute atomic E-state index is 0.00429. The van der Waals surface area contributed by atoms with Gasteiger partial charge in [0.05, 0.1) is 19.7 Å². The third-order valence-corrected chi connectivity index (χ3v) is 7.60. The van der Waals surface area contributed by atoms with Crippen molar-refractivity contribution >= 4 is 6.47 Å². The van der Waals surface area contributed by atoms with Gasteiger partial charge in [-0.05, 0) is 42.7 Å². The lowest BCUT2D eigenvalue weighted by Gasteiger charge is -2.39. The first-order valence-electron chi connectivity index (χ1n) is 12.3. The molecule has 0 unspecified atom stereocenters. The normalized spacial score (nSPS) is 23.6. The minimum Gasteiger partial charge on any atom is -0.468 e. The molecule has 4 rings (SSSR count). The molecule has 7 nitrogen and oxygen atoms in total. The molecule has 0 atom stereocenters. The van der Waals surface area contributed by atoms with Crippen LogP contribution in [0.15, 0.2) is 60.7 Å². The number of nitro groups is 1. The highest BCUT2D eigenvalue weighted by Crippen LogP contribution is 2.39. The molecule has 2 aromatic rings. The molecular weight excluding hydrogens is 430 g/mol. The van der Waals surface area contributed by atoms with Gasteiger partial charge in [-0.3, -0.25) is 24.7 Å². The van der Waals surface area contributed by atoms with E-state index in [1.807, 2.05) is 36.4 Å². The average Bonchev–Trinajstić information content (AvgIpc) is 3.04. The van der Waals surface area contributed by atoms with Crippen molar-refractivity contribution in [3.05, 3.63) is 81.9 Å². The zero-order valence-corrected chi connectivity index (χ0v) is 19.8. The van der Waals surface area contributed by atoms with E-state index in [4.69, 9.17) is 4.74 Å². The van der Waals surface area contributed by atoms with Gasteiger partial charge in [0, 0.05) is 37.0 Å². The molecule has 1 aliphatic heterocycles.